The summed E-state index contributed by atoms with van der Waals surface area (Å²) in [6, 6.07) is 0. The normalized spacial score (nSPS) is 31.7. The van der Waals surface area contributed by atoms with E-state index < -0.39 is 0 Å². The summed E-state index contributed by atoms with van der Waals surface area (Å²) in [6.45, 7) is 4.40. The largest absolute Gasteiger partial charge is 0.299 e. The van der Waals surface area contributed by atoms with E-state index in [2.05, 4.69) is 13.8 Å². The molecule has 0 spiro atoms. The Kier molecular flexibility index (Phi) is 1.78. The number of carbonyl (C=O) groups excluding carboxylic acids is 1. The van der Waals surface area contributed by atoms with Crippen molar-refractivity contribution in [1.29, 1.82) is 0 Å². The molecule has 2 rings (SSSR count). The standard InChI is InChI=1S/C11H18O/c1-11(2)7-9(11)10(12)6-5-8-3-4-8/h8-9H,3-7H2,1-2H3. The molecule has 0 saturated heterocycles. The second-order valence-corrected chi connectivity index (χ2v) is 5.19. The molecule has 2 saturated carbocycles. The second-order valence-electron chi connectivity index (χ2n) is 5.19. The van der Waals surface area contributed by atoms with Crippen LogP contribution >= 0.6 is 0 Å². The van der Waals surface area contributed by atoms with Gasteiger partial charge in [0.1, 0.15) is 5.78 Å². The van der Waals surface area contributed by atoms with Crippen LogP contribution in [0.15, 0.2) is 0 Å². The number of Topliss-reactive ketones (excluding diaryl/α,β-unsaturated/α-hetero) is 1. The molecule has 0 bridgehead atoms. The van der Waals surface area contributed by atoms with Crippen LogP contribution in [0.5, 0.6) is 0 Å². The zero-order chi connectivity index (χ0) is 8.77. The van der Waals surface area contributed by atoms with Gasteiger partial charge in [-0.2, -0.15) is 0 Å². The molecule has 68 valence electrons. The molecule has 0 aliphatic heterocycles. The molecular weight excluding hydrogens is 148 g/mol. The first-order valence-electron chi connectivity index (χ1n) is 5.12. The SMILES string of the molecule is CC1(C)CC1C(=O)CCC1CC1. The molecule has 0 radical (unpaired) electrons. The molecule has 0 aromatic carbocycles. The van der Waals surface area contributed by atoms with Crippen LogP contribution in [0.3, 0.4) is 0 Å². The zero-order valence-corrected chi connectivity index (χ0v) is 8.10. The summed E-state index contributed by atoms with van der Waals surface area (Å²) >= 11 is 0. The van der Waals surface area contributed by atoms with Gasteiger partial charge in [-0.3, -0.25) is 4.79 Å². The third-order valence-electron chi connectivity index (χ3n) is 3.40. The fourth-order valence-corrected chi connectivity index (χ4v) is 1.94. The third-order valence-corrected chi connectivity index (χ3v) is 3.40. The highest BCUT2D eigenvalue weighted by Gasteiger charge is 2.49. The maximum Gasteiger partial charge on any atom is 0.136 e. The number of hydrogen-bond donors (Lipinski definition) is 0. The molecule has 0 heterocycles. The summed E-state index contributed by atoms with van der Waals surface area (Å²) in [5.74, 6) is 1.86. The van der Waals surface area contributed by atoms with Crippen LogP contribution in [0, 0.1) is 17.3 Å². The van der Waals surface area contributed by atoms with Crippen molar-refractivity contribution in [2.45, 2.75) is 46.0 Å². The Morgan fingerprint density at radius 1 is 1.42 bits per heavy atom. The van der Waals surface area contributed by atoms with Gasteiger partial charge in [0.2, 0.25) is 0 Å². The molecule has 0 aromatic heterocycles. The monoisotopic (exact) mass is 166 g/mol. The molecule has 2 aliphatic carbocycles. The molecule has 2 aliphatic rings. The van der Waals surface area contributed by atoms with Gasteiger partial charge in [-0.25, -0.2) is 0 Å². The van der Waals surface area contributed by atoms with E-state index in [1.165, 1.54) is 19.3 Å². The second kappa shape index (κ2) is 2.58. The van der Waals surface area contributed by atoms with Gasteiger partial charge in [-0.05, 0) is 24.2 Å². The molecule has 0 N–H and O–H groups in total. The van der Waals surface area contributed by atoms with Crippen molar-refractivity contribution < 1.29 is 4.79 Å². The van der Waals surface area contributed by atoms with Crippen LogP contribution in [0.25, 0.3) is 0 Å². The van der Waals surface area contributed by atoms with Gasteiger partial charge in [0.05, 0.1) is 0 Å². The van der Waals surface area contributed by atoms with Crippen molar-refractivity contribution in [2.75, 3.05) is 0 Å². The van der Waals surface area contributed by atoms with Crippen LogP contribution in [0.4, 0.5) is 0 Å². The first kappa shape index (κ1) is 8.28. The van der Waals surface area contributed by atoms with E-state index in [9.17, 15) is 4.79 Å². The van der Waals surface area contributed by atoms with E-state index in [0.717, 1.165) is 18.8 Å². The van der Waals surface area contributed by atoms with Crippen LogP contribution in [0.2, 0.25) is 0 Å². The van der Waals surface area contributed by atoms with Crippen molar-refractivity contribution in [3.8, 4) is 0 Å². The molecule has 1 nitrogen and oxygen atoms in total. The lowest BCUT2D eigenvalue weighted by atomic mass is 10.0. The summed E-state index contributed by atoms with van der Waals surface area (Å²) in [7, 11) is 0. The van der Waals surface area contributed by atoms with Crippen LogP contribution < -0.4 is 0 Å². The van der Waals surface area contributed by atoms with Gasteiger partial charge >= 0.3 is 0 Å². The minimum Gasteiger partial charge on any atom is -0.299 e. The average molecular weight is 166 g/mol. The van der Waals surface area contributed by atoms with Crippen molar-refractivity contribution in [2.24, 2.45) is 17.3 Å². The van der Waals surface area contributed by atoms with E-state index >= 15 is 0 Å². The van der Waals surface area contributed by atoms with Crippen molar-refractivity contribution in [1.82, 2.24) is 0 Å². The predicted molar refractivity (Wildman–Crippen MR) is 48.9 cm³/mol. The lowest BCUT2D eigenvalue weighted by Crippen LogP contribution is -2.05. The van der Waals surface area contributed by atoms with E-state index in [-0.39, 0.29) is 0 Å². The van der Waals surface area contributed by atoms with E-state index in [1.54, 1.807) is 0 Å². The van der Waals surface area contributed by atoms with E-state index in [0.29, 0.717) is 17.1 Å². The first-order valence-corrected chi connectivity index (χ1v) is 5.12. The zero-order valence-electron chi connectivity index (χ0n) is 8.10. The Morgan fingerprint density at radius 3 is 2.42 bits per heavy atom. The van der Waals surface area contributed by atoms with Gasteiger partial charge in [-0.1, -0.05) is 26.7 Å². The maximum atomic E-state index is 11.6. The Balaban J connectivity index is 1.70. The minimum atomic E-state index is 0.348. The van der Waals surface area contributed by atoms with E-state index in [1.807, 2.05) is 0 Å². The van der Waals surface area contributed by atoms with Gasteiger partial charge in [-0.15, -0.1) is 0 Å². The maximum absolute atomic E-state index is 11.6. The van der Waals surface area contributed by atoms with Crippen LogP contribution in [-0.2, 0) is 4.79 Å². The lowest BCUT2D eigenvalue weighted by molar-refractivity contribution is -0.121. The van der Waals surface area contributed by atoms with Gasteiger partial charge in [0.25, 0.3) is 0 Å². The summed E-state index contributed by atoms with van der Waals surface area (Å²) in [5.41, 5.74) is 0.348. The summed E-state index contributed by atoms with van der Waals surface area (Å²) in [6.07, 6.45) is 5.92. The predicted octanol–water partition coefficient (Wildman–Crippen LogP) is 2.79. The molecule has 1 unspecified atom stereocenters. The summed E-state index contributed by atoms with van der Waals surface area (Å²) in [5, 5.41) is 0. The molecular formula is C11H18O. The molecule has 12 heavy (non-hydrogen) atoms. The van der Waals surface area contributed by atoms with Crippen LogP contribution in [-0.4, -0.2) is 5.78 Å². The van der Waals surface area contributed by atoms with Crippen molar-refractivity contribution in [3.63, 3.8) is 0 Å². The number of hydrogen-bond acceptors (Lipinski definition) is 1. The number of rotatable bonds is 4. The number of ketones is 1. The van der Waals surface area contributed by atoms with Gasteiger partial charge in [0.15, 0.2) is 0 Å². The topological polar surface area (TPSA) is 17.1 Å². The Hall–Kier alpha value is -0.330. The smallest absolute Gasteiger partial charge is 0.136 e. The first-order chi connectivity index (χ1) is 5.59. The quantitative estimate of drug-likeness (QED) is 0.627. The molecule has 0 amide bonds. The lowest BCUT2D eigenvalue weighted by Gasteiger charge is -2.01. The van der Waals surface area contributed by atoms with Gasteiger partial charge in [0, 0.05) is 12.3 Å². The Labute approximate surface area is 74.5 Å². The summed E-state index contributed by atoms with van der Waals surface area (Å²) < 4.78 is 0. The fraction of sp³-hybridized carbons (Fsp3) is 0.909. The van der Waals surface area contributed by atoms with Crippen LogP contribution in [0.1, 0.15) is 46.0 Å². The number of carbonyl (C=O) groups is 1. The van der Waals surface area contributed by atoms with Crippen molar-refractivity contribution in [3.05, 3.63) is 0 Å². The minimum absolute atomic E-state index is 0.348. The molecule has 1 heteroatoms. The average Bonchev–Trinajstić information content (AvgIpc) is 2.83. The van der Waals surface area contributed by atoms with Gasteiger partial charge < -0.3 is 0 Å². The molecule has 0 aromatic rings. The fourth-order valence-electron chi connectivity index (χ4n) is 1.94. The van der Waals surface area contributed by atoms with Crippen molar-refractivity contribution >= 4 is 5.78 Å². The third kappa shape index (κ3) is 1.70. The Morgan fingerprint density at radius 2 is 2.00 bits per heavy atom. The summed E-state index contributed by atoms with van der Waals surface area (Å²) in [4.78, 5) is 11.6. The Bertz CT molecular complexity index is 201. The highest BCUT2D eigenvalue weighted by Crippen LogP contribution is 2.53. The highest BCUT2D eigenvalue weighted by molar-refractivity contribution is 5.84. The molecule has 2 fully saturated rings. The van der Waals surface area contributed by atoms with E-state index in [4.69, 9.17) is 0 Å². The molecule has 1 atom stereocenters. The highest BCUT2D eigenvalue weighted by atomic mass is 16.1.